The highest BCUT2D eigenvalue weighted by Crippen LogP contribution is 2.31. The molecule has 0 spiro atoms. The van der Waals surface area contributed by atoms with Gasteiger partial charge in [0.1, 0.15) is 5.75 Å². The van der Waals surface area contributed by atoms with Gasteiger partial charge >= 0.3 is 6.18 Å². The standard InChI is InChI=1S/C20H17BrF3N3O2/c1-12-18(25-19(28)16-8-3-4-9-17(16)21)13(2)27(26-12)11-29-15-7-5-6-14(10-15)20(22,23)24/h3-10H,11H2,1-2H3,(H,25,28). The number of carbonyl (C=O) groups is 1. The summed E-state index contributed by atoms with van der Waals surface area (Å²) in [6.07, 6.45) is -4.44. The molecule has 0 fully saturated rings. The molecule has 152 valence electrons. The van der Waals surface area contributed by atoms with E-state index in [1.54, 1.807) is 38.1 Å². The molecule has 0 aliphatic carbocycles. The van der Waals surface area contributed by atoms with Crippen LogP contribution in [0.4, 0.5) is 18.9 Å². The molecule has 0 bridgehead atoms. The number of aromatic nitrogens is 2. The van der Waals surface area contributed by atoms with Gasteiger partial charge in [0.15, 0.2) is 6.73 Å². The lowest BCUT2D eigenvalue weighted by molar-refractivity contribution is -0.137. The predicted octanol–water partition coefficient (Wildman–Crippen LogP) is 5.57. The van der Waals surface area contributed by atoms with E-state index in [0.717, 1.165) is 12.1 Å². The molecule has 0 unspecified atom stereocenters. The fourth-order valence-corrected chi connectivity index (χ4v) is 3.19. The van der Waals surface area contributed by atoms with Crippen LogP contribution in [0.3, 0.4) is 0 Å². The first kappa shape index (κ1) is 20.9. The number of aryl methyl sites for hydroxylation is 1. The van der Waals surface area contributed by atoms with E-state index in [-0.39, 0.29) is 18.4 Å². The van der Waals surface area contributed by atoms with Crippen LogP contribution in [0.5, 0.6) is 5.75 Å². The quantitative estimate of drug-likeness (QED) is 0.533. The summed E-state index contributed by atoms with van der Waals surface area (Å²) in [4.78, 5) is 12.5. The maximum absolute atomic E-state index is 12.8. The smallest absolute Gasteiger partial charge is 0.416 e. The molecule has 2 aromatic carbocycles. The summed E-state index contributed by atoms with van der Waals surface area (Å²) in [5.74, 6) is -0.229. The molecule has 1 aromatic heterocycles. The normalized spacial score (nSPS) is 11.4. The molecule has 0 saturated carbocycles. The first-order valence-electron chi connectivity index (χ1n) is 8.57. The maximum atomic E-state index is 12.8. The zero-order chi connectivity index (χ0) is 21.2. The number of amides is 1. The average Bonchev–Trinajstić information content (AvgIpc) is 2.94. The molecule has 1 heterocycles. The van der Waals surface area contributed by atoms with Crippen molar-refractivity contribution in [2.75, 3.05) is 5.32 Å². The van der Waals surface area contributed by atoms with Crippen molar-refractivity contribution < 1.29 is 22.7 Å². The summed E-state index contributed by atoms with van der Waals surface area (Å²) in [5.41, 5.74) is 1.40. The molecule has 0 saturated heterocycles. The minimum Gasteiger partial charge on any atom is -0.471 e. The van der Waals surface area contributed by atoms with Gasteiger partial charge < -0.3 is 10.1 Å². The summed E-state index contributed by atoms with van der Waals surface area (Å²) >= 11 is 3.34. The third-order valence-corrected chi connectivity index (χ3v) is 4.94. The second-order valence-corrected chi connectivity index (χ2v) is 7.13. The zero-order valence-electron chi connectivity index (χ0n) is 15.5. The first-order valence-corrected chi connectivity index (χ1v) is 9.36. The Balaban J connectivity index is 1.75. The fourth-order valence-electron chi connectivity index (χ4n) is 2.73. The minimum absolute atomic E-state index is 0.0752. The van der Waals surface area contributed by atoms with Crippen molar-refractivity contribution in [3.63, 3.8) is 0 Å². The molecule has 3 rings (SSSR count). The number of benzene rings is 2. The number of nitrogens with zero attached hydrogens (tertiary/aromatic N) is 2. The van der Waals surface area contributed by atoms with Crippen molar-refractivity contribution in [1.82, 2.24) is 9.78 Å². The Morgan fingerprint density at radius 1 is 1.17 bits per heavy atom. The maximum Gasteiger partial charge on any atom is 0.416 e. The number of alkyl halides is 3. The van der Waals surface area contributed by atoms with Crippen LogP contribution in [-0.4, -0.2) is 15.7 Å². The van der Waals surface area contributed by atoms with E-state index in [4.69, 9.17) is 4.74 Å². The number of ether oxygens (including phenoxy) is 1. The van der Waals surface area contributed by atoms with Crippen LogP contribution in [0.2, 0.25) is 0 Å². The van der Waals surface area contributed by atoms with E-state index < -0.39 is 11.7 Å². The lowest BCUT2D eigenvalue weighted by atomic mass is 10.2. The number of hydrogen-bond acceptors (Lipinski definition) is 3. The third-order valence-electron chi connectivity index (χ3n) is 4.25. The van der Waals surface area contributed by atoms with Gasteiger partial charge in [0.25, 0.3) is 5.91 Å². The Labute approximate surface area is 173 Å². The van der Waals surface area contributed by atoms with Crippen LogP contribution in [-0.2, 0) is 12.9 Å². The molecule has 0 radical (unpaired) electrons. The van der Waals surface area contributed by atoms with Gasteiger partial charge in [-0.1, -0.05) is 18.2 Å². The Kier molecular flexibility index (Phi) is 5.97. The van der Waals surface area contributed by atoms with Gasteiger partial charge in [-0.3, -0.25) is 4.79 Å². The van der Waals surface area contributed by atoms with Crippen LogP contribution in [0, 0.1) is 13.8 Å². The summed E-state index contributed by atoms with van der Waals surface area (Å²) in [6, 6.07) is 11.6. The van der Waals surface area contributed by atoms with Crippen molar-refractivity contribution >= 4 is 27.5 Å². The molecular weight excluding hydrogens is 451 g/mol. The molecular formula is C20H17BrF3N3O2. The second kappa shape index (κ2) is 8.28. The minimum atomic E-state index is -4.44. The second-order valence-electron chi connectivity index (χ2n) is 6.28. The third kappa shape index (κ3) is 4.79. The van der Waals surface area contributed by atoms with Crippen LogP contribution in [0.25, 0.3) is 0 Å². The van der Waals surface area contributed by atoms with Gasteiger partial charge in [-0.25, -0.2) is 4.68 Å². The van der Waals surface area contributed by atoms with Gasteiger partial charge in [-0.2, -0.15) is 18.3 Å². The Morgan fingerprint density at radius 3 is 2.59 bits per heavy atom. The topological polar surface area (TPSA) is 56.1 Å². The molecule has 0 aliphatic heterocycles. The molecule has 0 atom stereocenters. The summed E-state index contributed by atoms with van der Waals surface area (Å²) in [5, 5.41) is 7.14. The highest BCUT2D eigenvalue weighted by Gasteiger charge is 2.30. The van der Waals surface area contributed by atoms with Gasteiger partial charge in [0.05, 0.1) is 28.2 Å². The van der Waals surface area contributed by atoms with Gasteiger partial charge in [-0.15, -0.1) is 0 Å². The van der Waals surface area contributed by atoms with Crippen molar-refractivity contribution in [2.45, 2.75) is 26.8 Å². The molecule has 5 nitrogen and oxygen atoms in total. The van der Waals surface area contributed by atoms with Crippen LogP contribution >= 0.6 is 15.9 Å². The van der Waals surface area contributed by atoms with Crippen LogP contribution in [0.15, 0.2) is 53.0 Å². The van der Waals surface area contributed by atoms with Gasteiger partial charge in [-0.05, 0) is 60.1 Å². The van der Waals surface area contributed by atoms with E-state index >= 15 is 0 Å². The van der Waals surface area contributed by atoms with Crippen molar-refractivity contribution in [2.24, 2.45) is 0 Å². The van der Waals surface area contributed by atoms with Crippen molar-refractivity contribution in [1.29, 1.82) is 0 Å². The molecule has 0 aliphatic rings. The number of halogens is 4. The molecule has 3 aromatic rings. The fraction of sp³-hybridized carbons (Fsp3) is 0.200. The highest BCUT2D eigenvalue weighted by atomic mass is 79.9. The van der Waals surface area contributed by atoms with Crippen molar-refractivity contribution in [3.8, 4) is 5.75 Å². The van der Waals surface area contributed by atoms with Gasteiger partial charge in [0, 0.05) is 4.47 Å². The lowest BCUT2D eigenvalue weighted by Gasteiger charge is -2.11. The largest absolute Gasteiger partial charge is 0.471 e. The van der Waals surface area contributed by atoms with E-state index in [0.29, 0.717) is 27.1 Å². The SMILES string of the molecule is Cc1nn(COc2cccc(C(F)(F)F)c2)c(C)c1NC(=O)c1ccccc1Br. The Morgan fingerprint density at radius 2 is 1.90 bits per heavy atom. The molecule has 29 heavy (non-hydrogen) atoms. The first-order chi connectivity index (χ1) is 13.7. The monoisotopic (exact) mass is 467 g/mol. The summed E-state index contributed by atoms with van der Waals surface area (Å²) < 4.78 is 46.1. The van der Waals surface area contributed by atoms with Crippen LogP contribution in [0.1, 0.15) is 27.3 Å². The van der Waals surface area contributed by atoms with E-state index in [2.05, 4.69) is 26.3 Å². The summed E-state index contributed by atoms with van der Waals surface area (Å²) in [7, 11) is 0. The molecule has 1 N–H and O–H groups in total. The predicted molar refractivity (Wildman–Crippen MR) is 106 cm³/mol. The number of hydrogen-bond donors (Lipinski definition) is 1. The molecule has 1 amide bonds. The number of anilines is 1. The van der Waals surface area contributed by atoms with Gasteiger partial charge in [0.2, 0.25) is 0 Å². The number of rotatable bonds is 5. The van der Waals surface area contributed by atoms with E-state index in [1.807, 2.05) is 0 Å². The highest BCUT2D eigenvalue weighted by molar-refractivity contribution is 9.10. The summed E-state index contributed by atoms with van der Waals surface area (Å²) in [6.45, 7) is 3.37. The molecule has 9 heteroatoms. The average molecular weight is 468 g/mol. The Hall–Kier alpha value is -2.81. The van der Waals surface area contributed by atoms with E-state index in [9.17, 15) is 18.0 Å². The lowest BCUT2D eigenvalue weighted by Crippen LogP contribution is -2.14. The van der Waals surface area contributed by atoms with E-state index in [1.165, 1.54) is 16.8 Å². The Bertz CT molecular complexity index is 1050. The zero-order valence-corrected chi connectivity index (χ0v) is 17.1. The number of carbonyl (C=O) groups excluding carboxylic acids is 1. The van der Waals surface area contributed by atoms with Crippen LogP contribution < -0.4 is 10.1 Å². The number of nitrogens with one attached hydrogen (secondary N) is 1. The van der Waals surface area contributed by atoms with Crippen molar-refractivity contribution in [3.05, 3.63) is 75.5 Å².